The van der Waals surface area contributed by atoms with Crippen molar-refractivity contribution in [2.24, 2.45) is 0 Å². The summed E-state index contributed by atoms with van der Waals surface area (Å²) in [6.07, 6.45) is -0.211. The first-order chi connectivity index (χ1) is 11.5. The van der Waals surface area contributed by atoms with Gasteiger partial charge in [-0.05, 0) is 17.7 Å². The predicted octanol–water partition coefficient (Wildman–Crippen LogP) is 2.65. The molecule has 0 saturated carbocycles. The highest BCUT2D eigenvalue weighted by atomic mass is 16.5. The molecule has 0 saturated heterocycles. The molecule has 2 rings (SSSR count). The van der Waals surface area contributed by atoms with Crippen LogP contribution in [0.1, 0.15) is 28.4 Å². The van der Waals surface area contributed by atoms with E-state index >= 15 is 0 Å². The van der Waals surface area contributed by atoms with Crippen molar-refractivity contribution < 1.29 is 24.2 Å². The van der Waals surface area contributed by atoms with Crippen LogP contribution in [-0.4, -0.2) is 31.2 Å². The van der Waals surface area contributed by atoms with Crippen LogP contribution in [0.3, 0.4) is 0 Å². The second kappa shape index (κ2) is 8.01. The number of amides is 1. The van der Waals surface area contributed by atoms with E-state index in [1.165, 1.54) is 14.2 Å². The molecule has 0 heterocycles. The molecule has 0 aliphatic heterocycles. The highest BCUT2D eigenvalue weighted by molar-refractivity contribution is 5.95. The maximum atomic E-state index is 12.5. The maximum Gasteiger partial charge on any atom is 0.305 e. The third-order valence-electron chi connectivity index (χ3n) is 3.50. The molecule has 1 atom stereocenters. The van der Waals surface area contributed by atoms with Crippen molar-refractivity contribution in [3.63, 3.8) is 0 Å². The Morgan fingerprint density at radius 3 is 2.12 bits per heavy atom. The summed E-state index contributed by atoms with van der Waals surface area (Å²) in [6.45, 7) is 0. The van der Waals surface area contributed by atoms with Gasteiger partial charge in [0.25, 0.3) is 5.91 Å². The van der Waals surface area contributed by atoms with Crippen molar-refractivity contribution in [3.05, 3.63) is 59.7 Å². The lowest BCUT2D eigenvalue weighted by Gasteiger charge is -2.18. The Kier molecular flexibility index (Phi) is 5.78. The fourth-order valence-electron chi connectivity index (χ4n) is 2.29. The van der Waals surface area contributed by atoms with Gasteiger partial charge >= 0.3 is 5.97 Å². The van der Waals surface area contributed by atoms with Gasteiger partial charge in [-0.15, -0.1) is 0 Å². The normalized spacial score (nSPS) is 11.4. The first-order valence-electron chi connectivity index (χ1n) is 7.34. The number of benzene rings is 2. The van der Waals surface area contributed by atoms with Crippen LogP contribution < -0.4 is 14.8 Å². The number of ether oxygens (including phenoxy) is 2. The van der Waals surface area contributed by atoms with Gasteiger partial charge in [0.2, 0.25) is 0 Å². The molecule has 2 N–H and O–H groups in total. The van der Waals surface area contributed by atoms with Crippen LogP contribution in [0, 0.1) is 0 Å². The number of carbonyl (C=O) groups is 2. The van der Waals surface area contributed by atoms with Crippen molar-refractivity contribution in [2.75, 3.05) is 14.2 Å². The molecule has 24 heavy (non-hydrogen) atoms. The summed E-state index contributed by atoms with van der Waals surface area (Å²) in [5.41, 5.74) is 1.06. The lowest BCUT2D eigenvalue weighted by molar-refractivity contribution is -0.137. The molecule has 0 aliphatic carbocycles. The van der Waals surface area contributed by atoms with Crippen LogP contribution in [-0.2, 0) is 4.79 Å². The van der Waals surface area contributed by atoms with E-state index in [2.05, 4.69) is 5.32 Å². The molecule has 126 valence electrons. The number of rotatable bonds is 7. The molecule has 6 heteroatoms. The first kappa shape index (κ1) is 17.3. The molecule has 2 aromatic carbocycles. The molecule has 0 spiro atoms. The molecule has 1 amide bonds. The van der Waals surface area contributed by atoms with Gasteiger partial charge in [-0.3, -0.25) is 9.59 Å². The van der Waals surface area contributed by atoms with Crippen molar-refractivity contribution in [1.29, 1.82) is 0 Å². The topological polar surface area (TPSA) is 84.9 Å². The standard InChI is InChI=1S/C18H19NO5/c1-23-14-8-13(9-15(10-14)24-2)18(22)19-16(11-17(20)21)12-6-4-3-5-7-12/h3-10,16H,11H2,1-2H3,(H,19,22)(H,20,21)/t16-/m1/s1. The van der Waals surface area contributed by atoms with Crippen molar-refractivity contribution >= 4 is 11.9 Å². The Morgan fingerprint density at radius 1 is 1.04 bits per heavy atom. The van der Waals surface area contributed by atoms with Gasteiger partial charge in [-0.2, -0.15) is 0 Å². The molecular weight excluding hydrogens is 310 g/mol. The van der Waals surface area contributed by atoms with Crippen molar-refractivity contribution in [2.45, 2.75) is 12.5 Å². The van der Waals surface area contributed by atoms with E-state index in [1.54, 1.807) is 42.5 Å². The molecule has 0 bridgehead atoms. The smallest absolute Gasteiger partial charge is 0.305 e. The Balaban J connectivity index is 2.26. The highest BCUT2D eigenvalue weighted by Crippen LogP contribution is 2.24. The number of methoxy groups -OCH3 is 2. The van der Waals surface area contributed by atoms with E-state index in [-0.39, 0.29) is 6.42 Å². The number of carboxylic acid groups (broad SMARTS) is 1. The number of hydrogen-bond donors (Lipinski definition) is 2. The Labute approximate surface area is 140 Å². The van der Waals surface area contributed by atoms with Crippen LogP contribution in [0.5, 0.6) is 11.5 Å². The quantitative estimate of drug-likeness (QED) is 0.816. The zero-order valence-corrected chi connectivity index (χ0v) is 13.5. The molecule has 0 aromatic heterocycles. The molecule has 0 radical (unpaired) electrons. The predicted molar refractivity (Wildman–Crippen MR) is 88.4 cm³/mol. The van der Waals surface area contributed by atoms with Gasteiger partial charge < -0.3 is 19.9 Å². The molecule has 0 unspecified atom stereocenters. The van der Waals surface area contributed by atoms with Gasteiger partial charge in [0, 0.05) is 11.6 Å². The van der Waals surface area contributed by atoms with Crippen LogP contribution in [0.25, 0.3) is 0 Å². The largest absolute Gasteiger partial charge is 0.497 e. The first-order valence-corrected chi connectivity index (χ1v) is 7.34. The van der Waals surface area contributed by atoms with Crippen molar-refractivity contribution in [3.8, 4) is 11.5 Å². The number of aliphatic carboxylic acids is 1. The molecule has 6 nitrogen and oxygen atoms in total. The average molecular weight is 329 g/mol. The molecule has 0 aliphatic rings. The number of carbonyl (C=O) groups excluding carboxylic acids is 1. The minimum absolute atomic E-state index is 0.211. The molecule has 2 aromatic rings. The lowest BCUT2D eigenvalue weighted by Crippen LogP contribution is -2.30. The van der Waals surface area contributed by atoms with E-state index in [1.807, 2.05) is 6.07 Å². The van der Waals surface area contributed by atoms with Crippen molar-refractivity contribution in [1.82, 2.24) is 5.32 Å². The van der Waals surface area contributed by atoms with E-state index in [4.69, 9.17) is 14.6 Å². The van der Waals surface area contributed by atoms with E-state index in [0.29, 0.717) is 17.1 Å². The molecule has 0 fully saturated rings. The average Bonchev–Trinajstić information content (AvgIpc) is 2.60. The van der Waals surface area contributed by atoms with E-state index in [0.717, 1.165) is 5.56 Å². The Morgan fingerprint density at radius 2 is 1.62 bits per heavy atom. The summed E-state index contributed by atoms with van der Waals surface area (Å²) in [6, 6.07) is 13.1. The van der Waals surface area contributed by atoms with E-state index in [9.17, 15) is 9.59 Å². The maximum absolute atomic E-state index is 12.5. The number of nitrogens with one attached hydrogen (secondary N) is 1. The summed E-state index contributed by atoms with van der Waals surface area (Å²) >= 11 is 0. The molecular formula is C18H19NO5. The minimum atomic E-state index is -0.993. The zero-order chi connectivity index (χ0) is 17.5. The van der Waals surface area contributed by atoms with Crippen LogP contribution in [0.4, 0.5) is 0 Å². The summed E-state index contributed by atoms with van der Waals surface area (Å²) in [5, 5.41) is 11.9. The second-order valence-electron chi connectivity index (χ2n) is 5.14. The van der Waals surface area contributed by atoms with Gasteiger partial charge in [-0.1, -0.05) is 30.3 Å². The van der Waals surface area contributed by atoms with Gasteiger partial charge in [0.05, 0.1) is 26.7 Å². The Hall–Kier alpha value is -3.02. The minimum Gasteiger partial charge on any atom is -0.497 e. The van der Waals surface area contributed by atoms with Gasteiger partial charge in [-0.25, -0.2) is 0 Å². The third-order valence-corrected chi connectivity index (χ3v) is 3.50. The van der Waals surface area contributed by atoms with Crippen LogP contribution in [0.15, 0.2) is 48.5 Å². The second-order valence-corrected chi connectivity index (χ2v) is 5.14. The SMILES string of the molecule is COc1cc(OC)cc(C(=O)N[C@H](CC(=O)O)c2ccccc2)c1. The van der Waals surface area contributed by atoms with Gasteiger partial charge in [0.1, 0.15) is 11.5 Å². The summed E-state index contributed by atoms with van der Waals surface area (Å²) in [5.74, 6) is -0.433. The monoisotopic (exact) mass is 329 g/mol. The lowest BCUT2D eigenvalue weighted by atomic mass is 10.0. The highest BCUT2D eigenvalue weighted by Gasteiger charge is 2.19. The fourth-order valence-corrected chi connectivity index (χ4v) is 2.29. The van der Waals surface area contributed by atoms with E-state index < -0.39 is 17.9 Å². The van der Waals surface area contributed by atoms with Crippen LogP contribution in [0.2, 0.25) is 0 Å². The zero-order valence-electron chi connectivity index (χ0n) is 13.5. The summed E-state index contributed by atoms with van der Waals surface area (Å²) < 4.78 is 10.3. The number of carboxylic acids is 1. The van der Waals surface area contributed by atoms with Crippen LogP contribution >= 0.6 is 0 Å². The fraction of sp³-hybridized carbons (Fsp3) is 0.222. The van der Waals surface area contributed by atoms with Gasteiger partial charge in [0.15, 0.2) is 0 Å². The number of hydrogen-bond acceptors (Lipinski definition) is 4. The Bertz CT molecular complexity index is 692. The third kappa shape index (κ3) is 4.49. The summed E-state index contributed by atoms with van der Waals surface area (Å²) in [7, 11) is 2.99. The summed E-state index contributed by atoms with van der Waals surface area (Å²) in [4.78, 5) is 23.6.